The molecule has 1 rings (SSSR count). The number of ether oxygens (including phenoxy) is 1. The van der Waals surface area contributed by atoms with Crippen LogP contribution in [0, 0.1) is 0 Å². The number of hydrogen-bond acceptors (Lipinski definition) is 4. The Balaban J connectivity index is 3.01. The van der Waals surface area contributed by atoms with Crippen molar-refractivity contribution < 1.29 is 27.8 Å². The molecule has 0 fully saturated rings. The third kappa shape index (κ3) is 2.99. The van der Waals surface area contributed by atoms with Gasteiger partial charge in [0.1, 0.15) is 5.69 Å². The zero-order valence-corrected chi connectivity index (χ0v) is 8.65. The largest absolute Gasteiger partial charge is 0.478 e. The Labute approximate surface area is 94.0 Å². The minimum Gasteiger partial charge on any atom is -0.478 e. The number of anilines is 1. The first kappa shape index (κ1) is 13.1. The van der Waals surface area contributed by atoms with Crippen molar-refractivity contribution in [1.29, 1.82) is 0 Å². The number of nitrogens with zero attached hydrogens (tertiary/aromatic N) is 1. The molecule has 0 aliphatic carbocycles. The summed E-state index contributed by atoms with van der Waals surface area (Å²) in [5.41, 5.74) is 4.55. The highest BCUT2D eigenvalue weighted by molar-refractivity contribution is 5.94. The second-order valence-electron chi connectivity index (χ2n) is 3.18. The molecule has 5 nitrogen and oxygen atoms in total. The lowest BCUT2D eigenvalue weighted by molar-refractivity contribution is -0.189. The van der Waals surface area contributed by atoms with E-state index in [0.717, 1.165) is 19.2 Å². The summed E-state index contributed by atoms with van der Waals surface area (Å²) in [7, 11) is 0. The van der Waals surface area contributed by atoms with Gasteiger partial charge < -0.3 is 15.6 Å². The van der Waals surface area contributed by atoms with Crippen LogP contribution in [0.5, 0.6) is 5.88 Å². The lowest BCUT2D eigenvalue weighted by atomic mass is 10.2. The van der Waals surface area contributed by atoms with Gasteiger partial charge in [0.2, 0.25) is 5.88 Å². The Hall–Kier alpha value is -1.99. The number of halogens is 3. The second kappa shape index (κ2) is 4.48. The molecule has 1 unspecified atom stereocenters. The second-order valence-corrected chi connectivity index (χ2v) is 3.18. The Morgan fingerprint density at radius 3 is 2.65 bits per heavy atom. The van der Waals surface area contributed by atoms with E-state index < -0.39 is 29.8 Å². The van der Waals surface area contributed by atoms with E-state index in [2.05, 4.69) is 9.72 Å². The maximum Gasteiger partial charge on any atom is 0.425 e. The monoisotopic (exact) mass is 250 g/mol. The predicted molar refractivity (Wildman–Crippen MR) is 51.8 cm³/mol. The zero-order chi connectivity index (χ0) is 13.2. The van der Waals surface area contributed by atoms with Gasteiger partial charge in [-0.3, -0.25) is 0 Å². The molecule has 0 saturated heterocycles. The molecular formula is C9H9F3N2O3. The Bertz CT molecular complexity index is 434. The fourth-order valence-corrected chi connectivity index (χ4v) is 0.969. The van der Waals surface area contributed by atoms with Gasteiger partial charge in [-0.05, 0) is 13.0 Å². The molecule has 1 heterocycles. The fraction of sp³-hybridized carbons (Fsp3) is 0.333. The van der Waals surface area contributed by atoms with Crippen LogP contribution in [0.4, 0.5) is 18.9 Å². The number of rotatable bonds is 3. The Morgan fingerprint density at radius 2 is 2.18 bits per heavy atom. The summed E-state index contributed by atoms with van der Waals surface area (Å²) in [4.78, 5) is 14.1. The third-order valence-corrected chi connectivity index (χ3v) is 1.93. The van der Waals surface area contributed by atoms with Crippen molar-refractivity contribution in [2.24, 2.45) is 0 Å². The minimum absolute atomic E-state index is 0.357. The Kier molecular flexibility index (Phi) is 3.45. The number of aromatic nitrogens is 1. The average molecular weight is 250 g/mol. The average Bonchev–Trinajstić information content (AvgIpc) is 2.19. The predicted octanol–water partition coefficient (Wildman–Crippen LogP) is 1.69. The van der Waals surface area contributed by atoms with Crippen LogP contribution in [-0.4, -0.2) is 28.3 Å². The molecule has 0 radical (unpaired) electrons. The smallest absolute Gasteiger partial charge is 0.425 e. The lowest BCUT2D eigenvalue weighted by Gasteiger charge is -2.18. The van der Waals surface area contributed by atoms with Crippen molar-refractivity contribution in [3.8, 4) is 5.88 Å². The van der Waals surface area contributed by atoms with E-state index in [4.69, 9.17) is 10.8 Å². The highest BCUT2D eigenvalue weighted by Gasteiger charge is 2.38. The maximum atomic E-state index is 12.2. The van der Waals surface area contributed by atoms with Crippen molar-refractivity contribution in [1.82, 2.24) is 4.98 Å². The zero-order valence-electron chi connectivity index (χ0n) is 8.65. The molecule has 0 bridgehead atoms. The number of carboxylic acid groups (broad SMARTS) is 1. The molecule has 0 amide bonds. The third-order valence-electron chi connectivity index (χ3n) is 1.93. The fourth-order valence-electron chi connectivity index (χ4n) is 0.969. The first-order chi connectivity index (χ1) is 7.73. The molecule has 0 aliphatic rings. The van der Waals surface area contributed by atoms with Crippen molar-refractivity contribution in [3.05, 3.63) is 17.8 Å². The van der Waals surface area contributed by atoms with E-state index in [0.29, 0.717) is 0 Å². The lowest BCUT2D eigenvalue weighted by Crippen LogP contribution is -2.31. The Morgan fingerprint density at radius 1 is 1.59 bits per heavy atom. The summed E-state index contributed by atoms with van der Waals surface area (Å²) >= 11 is 0. The van der Waals surface area contributed by atoms with Gasteiger partial charge in [0.05, 0.1) is 5.56 Å². The number of alkyl halides is 3. The van der Waals surface area contributed by atoms with Crippen LogP contribution in [0.3, 0.4) is 0 Å². The molecular weight excluding hydrogens is 241 g/mol. The van der Waals surface area contributed by atoms with Gasteiger partial charge in [-0.2, -0.15) is 13.2 Å². The van der Waals surface area contributed by atoms with Crippen LogP contribution in [-0.2, 0) is 0 Å². The first-order valence-electron chi connectivity index (χ1n) is 4.44. The summed E-state index contributed by atoms with van der Waals surface area (Å²) < 4.78 is 41.1. The van der Waals surface area contributed by atoms with Crippen molar-refractivity contribution >= 4 is 11.7 Å². The number of nitrogen functional groups attached to an aromatic ring is 1. The van der Waals surface area contributed by atoms with Gasteiger partial charge in [-0.15, -0.1) is 0 Å². The molecule has 0 saturated carbocycles. The van der Waals surface area contributed by atoms with E-state index >= 15 is 0 Å². The molecule has 8 heteroatoms. The van der Waals surface area contributed by atoms with Crippen LogP contribution < -0.4 is 10.5 Å². The van der Waals surface area contributed by atoms with Gasteiger partial charge in [0, 0.05) is 6.20 Å². The van der Waals surface area contributed by atoms with Crippen molar-refractivity contribution in [3.63, 3.8) is 0 Å². The molecule has 0 spiro atoms. The quantitative estimate of drug-likeness (QED) is 0.852. The van der Waals surface area contributed by atoms with Crippen LogP contribution in [0.2, 0.25) is 0 Å². The van der Waals surface area contributed by atoms with Crippen LogP contribution in [0.25, 0.3) is 0 Å². The first-order valence-corrected chi connectivity index (χ1v) is 4.44. The normalized spacial score (nSPS) is 13.2. The SMILES string of the molecule is CC(Oc1nccc(C(=O)O)c1N)C(F)(F)F. The molecule has 3 N–H and O–H groups in total. The molecule has 1 atom stereocenters. The molecule has 1 aromatic rings. The van der Waals surface area contributed by atoms with Gasteiger partial charge in [-0.25, -0.2) is 9.78 Å². The topological polar surface area (TPSA) is 85.4 Å². The van der Waals surface area contributed by atoms with E-state index in [1.165, 1.54) is 0 Å². The van der Waals surface area contributed by atoms with E-state index in [9.17, 15) is 18.0 Å². The number of pyridine rings is 1. The van der Waals surface area contributed by atoms with E-state index in [1.807, 2.05) is 0 Å². The summed E-state index contributed by atoms with van der Waals surface area (Å²) in [5.74, 6) is -1.91. The van der Waals surface area contributed by atoms with Gasteiger partial charge in [-0.1, -0.05) is 0 Å². The standard InChI is InChI=1S/C9H9F3N2O3/c1-4(9(10,11)12)17-7-6(13)5(8(15)16)2-3-14-7/h2-4H,13H2,1H3,(H,15,16). The summed E-state index contributed by atoms with van der Waals surface area (Å²) in [6.45, 7) is 0.772. The van der Waals surface area contributed by atoms with Crippen LogP contribution >= 0.6 is 0 Å². The molecule has 94 valence electrons. The number of aromatic carboxylic acids is 1. The molecule has 17 heavy (non-hydrogen) atoms. The van der Waals surface area contributed by atoms with Crippen LogP contribution in [0.15, 0.2) is 12.3 Å². The van der Waals surface area contributed by atoms with Crippen LogP contribution in [0.1, 0.15) is 17.3 Å². The molecule has 0 aliphatic heterocycles. The van der Waals surface area contributed by atoms with Gasteiger partial charge in [0.25, 0.3) is 0 Å². The highest BCUT2D eigenvalue weighted by Crippen LogP contribution is 2.28. The number of carboxylic acids is 1. The maximum absolute atomic E-state index is 12.2. The number of carbonyl (C=O) groups is 1. The van der Waals surface area contributed by atoms with E-state index in [1.54, 1.807) is 0 Å². The van der Waals surface area contributed by atoms with Gasteiger partial charge in [0.15, 0.2) is 6.10 Å². The number of nitrogens with two attached hydrogens (primary N) is 1. The highest BCUT2D eigenvalue weighted by atomic mass is 19.4. The molecule has 1 aromatic heterocycles. The van der Waals surface area contributed by atoms with Gasteiger partial charge >= 0.3 is 12.1 Å². The van der Waals surface area contributed by atoms with Crippen molar-refractivity contribution in [2.75, 3.05) is 5.73 Å². The van der Waals surface area contributed by atoms with E-state index in [-0.39, 0.29) is 5.56 Å². The molecule has 0 aromatic carbocycles. The number of hydrogen-bond donors (Lipinski definition) is 2. The summed E-state index contributed by atoms with van der Waals surface area (Å²) in [5, 5.41) is 8.70. The van der Waals surface area contributed by atoms with Crippen molar-refractivity contribution in [2.45, 2.75) is 19.2 Å². The minimum atomic E-state index is -4.58. The summed E-state index contributed by atoms with van der Waals surface area (Å²) in [6, 6.07) is 1.07. The summed E-state index contributed by atoms with van der Waals surface area (Å²) in [6.07, 6.45) is -5.69.